The van der Waals surface area contributed by atoms with Crippen molar-refractivity contribution in [1.82, 2.24) is 4.98 Å². The zero-order valence-corrected chi connectivity index (χ0v) is 10.7. The average Bonchev–Trinajstić information content (AvgIpc) is 2.81. The first-order valence-electron chi connectivity index (χ1n) is 4.96. The van der Waals surface area contributed by atoms with Crippen molar-refractivity contribution in [1.29, 1.82) is 0 Å². The van der Waals surface area contributed by atoms with E-state index in [1.165, 1.54) is 12.1 Å². The first kappa shape index (κ1) is 13.8. The first-order valence-corrected chi connectivity index (χ1v) is 6.22. The molecule has 0 aliphatic carbocycles. The second kappa shape index (κ2) is 5.18. The van der Waals surface area contributed by atoms with Gasteiger partial charge >= 0.3 is 6.18 Å². The van der Waals surface area contributed by atoms with E-state index in [1.807, 2.05) is 0 Å². The number of rotatable bonds is 2. The fourth-order valence-corrected chi connectivity index (χ4v) is 2.24. The lowest BCUT2D eigenvalue weighted by Crippen LogP contribution is -2.17. The van der Waals surface area contributed by atoms with Crippen molar-refractivity contribution >= 4 is 34.5 Å². The van der Waals surface area contributed by atoms with Crippen molar-refractivity contribution in [2.24, 2.45) is 0 Å². The molecule has 0 atom stereocenters. The molecule has 1 amide bonds. The highest BCUT2D eigenvalue weighted by Gasteiger charge is 2.38. The summed E-state index contributed by atoms with van der Waals surface area (Å²) in [5.41, 5.74) is 0.0300. The third-order valence-corrected chi connectivity index (χ3v) is 3.32. The van der Waals surface area contributed by atoms with E-state index < -0.39 is 22.7 Å². The highest BCUT2D eigenvalue weighted by molar-refractivity contribution is 7.12. The van der Waals surface area contributed by atoms with Crippen LogP contribution in [0.15, 0.2) is 29.8 Å². The molecule has 2 aromatic rings. The van der Waals surface area contributed by atoms with Crippen LogP contribution in [0, 0.1) is 0 Å². The predicted molar refractivity (Wildman–Crippen MR) is 66.5 cm³/mol. The zero-order chi connectivity index (χ0) is 14.0. The molecule has 0 aliphatic heterocycles. The van der Waals surface area contributed by atoms with E-state index in [1.54, 1.807) is 12.1 Å². The Hall–Kier alpha value is -1.60. The van der Waals surface area contributed by atoms with Gasteiger partial charge in [0, 0.05) is 0 Å². The van der Waals surface area contributed by atoms with Gasteiger partial charge in [0.05, 0.1) is 16.2 Å². The minimum Gasteiger partial charge on any atom is -0.320 e. The van der Waals surface area contributed by atoms with E-state index in [0.717, 1.165) is 5.51 Å². The summed E-state index contributed by atoms with van der Waals surface area (Å²) < 4.78 is 37.8. The number of nitrogens with zero attached hydrogens (tertiary/aromatic N) is 1. The molecule has 0 spiro atoms. The van der Waals surface area contributed by atoms with Gasteiger partial charge in [0.15, 0.2) is 5.69 Å². The molecule has 0 aliphatic rings. The van der Waals surface area contributed by atoms with E-state index >= 15 is 0 Å². The largest absolute Gasteiger partial charge is 0.434 e. The van der Waals surface area contributed by atoms with Crippen LogP contribution in [0.25, 0.3) is 0 Å². The number of halogens is 4. The van der Waals surface area contributed by atoms with Crippen LogP contribution in [-0.4, -0.2) is 10.9 Å². The average molecular weight is 307 g/mol. The van der Waals surface area contributed by atoms with E-state index in [4.69, 9.17) is 11.6 Å². The highest BCUT2D eigenvalue weighted by atomic mass is 35.5. The number of hydrogen-bond acceptors (Lipinski definition) is 3. The van der Waals surface area contributed by atoms with Crippen LogP contribution in [-0.2, 0) is 6.18 Å². The van der Waals surface area contributed by atoms with E-state index in [9.17, 15) is 18.0 Å². The minimum atomic E-state index is -4.66. The minimum absolute atomic E-state index is 0.244. The Morgan fingerprint density at radius 1 is 1.32 bits per heavy atom. The van der Waals surface area contributed by atoms with Gasteiger partial charge in [-0.3, -0.25) is 4.79 Å². The molecule has 0 saturated heterocycles. The number of amides is 1. The summed E-state index contributed by atoms with van der Waals surface area (Å²) >= 11 is 6.43. The molecular formula is C11H6ClF3N2OS. The summed E-state index contributed by atoms with van der Waals surface area (Å²) in [7, 11) is 0. The SMILES string of the molecule is O=C(Nc1ccccc1Cl)c1scnc1C(F)(F)F. The van der Waals surface area contributed by atoms with Crippen molar-refractivity contribution in [3.8, 4) is 0 Å². The van der Waals surface area contributed by atoms with Crippen molar-refractivity contribution < 1.29 is 18.0 Å². The summed E-state index contributed by atoms with van der Waals surface area (Å²) in [5, 5.41) is 2.57. The molecule has 0 saturated carbocycles. The van der Waals surface area contributed by atoms with E-state index in [0.29, 0.717) is 11.3 Å². The molecule has 0 bridgehead atoms. The number of thiazole rings is 1. The van der Waals surface area contributed by atoms with Crippen molar-refractivity contribution in [3.63, 3.8) is 0 Å². The number of carbonyl (C=O) groups is 1. The lowest BCUT2D eigenvalue weighted by atomic mass is 10.3. The number of carbonyl (C=O) groups excluding carboxylic acids is 1. The second-order valence-electron chi connectivity index (χ2n) is 3.46. The fourth-order valence-electron chi connectivity index (χ4n) is 1.35. The Morgan fingerprint density at radius 2 is 2.00 bits per heavy atom. The highest BCUT2D eigenvalue weighted by Crippen LogP contribution is 2.33. The molecule has 0 unspecified atom stereocenters. The first-order chi connectivity index (χ1) is 8.89. The van der Waals surface area contributed by atoms with E-state index in [-0.39, 0.29) is 10.7 Å². The quantitative estimate of drug-likeness (QED) is 0.909. The maximum Gasteiger partial charge on any atom is 0.434 e. The number of nitrogens with one attached hydrogen (secondary N) is 1. The van der Waals surface area contributed by atoms with Gasteiger partial charge in [0.1, 0.15) is 4.88 Å². The molecule has 3 nitrogen and oxygen atoms in total. The second-order valence-corrected chi connectivity index (χ2v) is 4.72. The molecule has 1 heterocycles. The standard InChI is InChI=1S/C11H6ClF3N2OS/c12-6-3-1-2-4-7(6)17-10(18)8-9(11(13,14)15)16-5-19-8/h1-5H,(H,17,18). The van der Waals surface area contributed by atoms with Gasteiger partial charge in [0.25, 0.3) is 5.91 Å². The number of anilines is 1. The van der Waals surface area contributed by atoms with Gasteiger partial charge in [-0.25, -0.2) is 4.98 Å². The number of hydrogen-bond donors (Lipinski definition) is 1. The number of alkyl halides is 3. The molecule has 0 fully saturated rings. The van der Waals surface area contributed by atoms with Crippen LogP contribution >= 0.6 is 22.9 Å². The van der Waals surface area contributed by atoms with Crippen molar-refractivity contribution in [2.45, 2.75) is 6.18 Å². The Kier molecular flexibility index (Phi) is 3.77. The molecule has 19 heavy (non-hydrogen) atoms. The smallest absolute Gasteiger partial charge is 0.320 e. The molecule has 100 valence electrons. The summed E-state index contributed by atoms with van der Waals surface area (Å²) in [4.78, 5) is 14.5. The summed E-state index contributed by atoms with van der Waals surface area (Å²) in [6.45, 7) is 0. The van der Waals surface area contributed by atoms with Gasteiger partial charge in [-0.1, -0.05) is 23.7 Å². The number of aromatic nitrogens is 1. The number of para-hydroxylation sites is 1. The van der Waals surface area contributed by atoms with Crippen LogP contribution in [0.5, 0.6) is 0 Å². The van der Waals surface area contributed by atoms with Gasteiger partial charge in [-0.15, -0.1) is 11.3 Å². The van der Waals surface area contributed by atoms with Gasteiger partial charge in [0.2, 0.25) is 0 Å². The summed E-state index contributed by atoms with van der Waals surface area (Å²) in [5.74, 6) is -0.886. The molecule has 2 rings (SSSR count). The van der Waals surface area contributed by atoms with Crippen LogP contribution in [0.2, 0.25) is 5.02 Å². The Balaban J connectivity index is 2.27. The van der Waals surface area contributed by atoms with Crippen molar-refractivity contribution in [3.05, 3.63) is 45.4 Å². The summed E-state index contributed by atoms with van der Waals surface area (Å²) in [6, 6.07) is 6.27. The molecule has 8 heteroatoms. The normalized spacial score (nSPS) is 11.4. The monoisotopic (exact) mass is 306 g/mol. The van der Waals surface area contributed by atoms with Gasteiger partial charge < -0.3 is 5.32 Å². The topological polar surface area (TPSA) is 42.0 Å². The molecule has 1 aromatic heterocycles. The Morgan fingerprint density at radius 3 is 2.63 bits per heavy atom. The zero-order valence-electron chi connectivity index (χ0n) is 9.16. The van der Waals surface area contributed by atoms with Gasteiger partial charge in [-0.05, 0) is 12.1 Å². The third-order valence-electron chi connectivity index (χ3n) is 2.16. The lowest BCUT2D eigenvalue weighted by molar-refractivity contribution is -0.141. The van der Waals surface area contributed by atoms with E-state index in [2.05, 4.69) is 10.3 Å². The molecule has 1 N–H and O–H groups in total. The predicted octanol–water partition coefficient (Wildman–Crippen LogP) is 4.07. The van der Waals surface area contributed by atoms with Gasteiger partial charge in [-0.2, -0.15) is 13.2 Å². The lowest BCUT2D eigenvalue weighted by Gasteiger charge is -2.08. The van der Waals surface area contributed by atoms with Crippen LogP contribution < -0.4 is 5.32 Å². The molecular weight excluding hydrogens is 301 g/mol. The fraction of sp³-hybridized carbons (Fsp3) is 0.0909. The number of benzene rings is 1. The molecule has 0 radical (unpaired) electrons. The maximum atomic E-state index is 12.6. The van der Waals surface area contributed by atoms with Crippen LogP contribution in [0.3, 0.4) is 0 Å². The summed E-state index contributed by atoms with van der Waals surface area (Å²) in [6.07, 6.45) is -4.66. The Labute approximate surface area is 115 Å². The maximum absolute atomic E-state index is 12.6. The van der Waals surface area contributed by atoms with Crippen LogP contribution in [0.4, 0.5) is 18.9 Å². The third kappa shape index (κ3) is 3.05. The Bertz CT molecular complexity index is 612. The molecule has 1 aromatic carbocycles. The van der Waals surface area contributed by atoms with Crippen molar-refractivity contribution in [2.75, 3.05) is 5.32 Å². The van der Waals surface area contributed by atoms with Crippen LogP contribution in [0.1, 0.15) is 15.4 Å².